The molecular formula is C24H14Cl2N4O3. The lowest BCUT2D eigenvalue weighted by Crippen LogP contribution is -2.20. The maximum absolute atomic E-state index is 13.2. The Bertz CT molecular complexity index is 1490. The second-order valence-electron chi connectivity index (χ2n) is 6.73. The van der Waals surface area contributed by atoms with E-state index in [2.05, 4.69) is 10.3 Å². The minimum absolute atomic E-state index is 0.0820. The summed E-state index contributed by atoms with van der Waals surface area (Å²) in [5, 5.41) is 13.0. The highest BCUT2D eigenvalue weighted by Crippen LogP contribution is 2.30. The summed E-state index contributed by atoms with van der Waals surface area (Å²) < 4.78 is 7.12. The standard InChI is InChI=1S/C24H14Cl2N4O3/c25-16-8-10-17(11-9-16)28-22(31)15(14-27)13-18-23(33-20-6-2-1-5-19(20)26)29-21-7-3-4-12-30(21)24(18)32/h1-13H,(H,28,31)/b15-13-. The van der Waals surface area contributed by atoms with Crippen LogP contribution >= 0.6 is 23.2 Å². The van der Waals surface area contributed by atoms with Crippen LogP contribution in [0, 0.1) is 11.3 Å². The summed E-state index contributed by atoms with van der Waals surface area (Å²) in [6.07, 6.45) is 2.67. The number of fused-ring (bicyclic) bond motifs is 1. The van der Waals surface area contributed by atoms with Crippen molar-refractivity contribution >= 4 is 46.5 Å². The first kappa shape index (κ1) is 22.1. The highest BCUT2D eigenvalue weighted by molar-refractivity contribution is 6.32. The van der Waals surface area contributed by atoms with Gasteiger partial charge < -0.3 is 10.1 Å². The maximum Gasteiger partial charge on any atom is 0.269 e. The number of para-hydroxylation sites is 1. The largest absolute Gasteiger partial charge is 0.437 e. The van der Waals surface area contributed by atoms with Crippen molar-refractivity contribution in [3.8, 4) is 17.7 Å². The van der Waals surface area contributed by atoms with E-state index in [4.69, 9.17) is 27.9 Å². The molecule has 0 aliphatic rings. The first-order chi connectivity index (χ1) is 16.0. The average Bonchev–Trinajstić information content (AvgIpc) is 2.82. The maximum atomic E-state index is 13.2. The van der Waals surface area contributed by atoms with Crippen molar-refractivity contribution in [3.05, 3.63) is 104 Å². The van der Waals surface area contributed by atoms with Gasteiger partial charge in [0.2, 0.25) is 5.88 Å². The van der Waals surface area contributed by atoms with Gasteiger partial charge in [-0.1, -0.05) is 41.4 Å². The number of benzene rings is 2. The second-order valence-corrected chi connectivity index (χ2v) is 7.57. The fourth-order valence-electron chi connectivity index (χ4n) is 2.94. The first-order valence-corrected chi connectivity index (χ1v) is 10.3. The molecule has 4 aromatic rings. The summed E-state index contributed by atoms with van der Waals surface area (Å²) in [6, 6.07) is 19.9. The summed E-state index contributed by atoms with van der Waals surface area (Å²) in [5.41, 5.74) is -0.155. The van der Waals surface area contributed by atoms with E-state index in [9.17, 15) is 14.9 Å². The lowest BCUT2D eigenvalue weighted by atomic mass is 10.1. The van der Waals surface area contributed by atoms with E-state index in [-0.39, 0.29) is 22.8 Å². The van der Waals surface area contributed by atoms with Crippen LogP contribution in [-0.4, -0.2) is 15.3 Å². The van der Waals surface area contributed by atoms with Crippen LogP contribution < -0.4 is 15.6 Å². The van der Waals surface area contributed by atoms with Gasteiger partial charge in [0.25, 0.3) is 11.5 Å². The average molecular weight is 477 g/mol. The summed E-state index contributed by atoms with van der Waals surface area (Å²) >= 11 is 12.1. The molecule has 0 radical (unpaired) electrons. The molecular weight excluding hydrogens is 463 g/mol. The molecule has 2 aromatic heterocycles. The Hall–Kier alpha value is -4.12. The lowest BCUT2D eigenvalue weighted by Gasteiger charge is -2.11. The molecule has 0 fully saturated rings. The molecule has 0 aliphatic carbocycles. The van der Waals surface area contributed by atoms with Gasteiger partial charge in [0.15, 0.2) is 0 Å². The molecule has 0 saturated heterocycles. The Morgan fingerprint density at radius 1 is 1.06 bits per heavy atom. The van der Waals surface area contributed by atoms with E-state index in [1.54, 1.807) is 66.7 Å². The van der Waals surface area contributed by atoms with E-state index in [0.29, 0.717) is 21.4 Å². The van der Waals surface area contributed by atoms with Crippen molar-refractivity contribution in [3.63, 3.8) is 0 Å². The number of nitrogens with one attached hydrogen (secondary N) is 1. The highest BCUT2D eigenvalue weighted by Gasteiger charge is 2.18. The van der Waals surface area contributed by atoms with Gasteiger partial charge in [-0.3, -0.25) is 14.0 Å². The molecule has 0 atom stereocenters. The number of nitrogens with zero attached hydrogens (tertiary/aromatic N) is 3. The molecule has 4 rings (SSSR count). The van der Waals surface area contributed by atoms with Crippen LogP contribution in [0.2, 0.25) is 10.0 Å². The fraction of sp³-hybridized carbons (Fsp3) is 0. The summed E-state index contributed by atoms with van der Waals surface area (Å²) in [4.78, 5) is 30.3. The molecule has 0 bridgehead atoms. The van der Waals surface area contributed by atoms with Crippen molar-refractivity contribution in [1.29, 1.82) is 5.26 Å². The summed E-state index contributed by atoms with van der Waals surface area (Å²) in [7, 11) is 0. The fourth-order valence-corrected chi connectivity index (χ4v) is 3.24. The number of amides is 1. The number of carbonyl (C=O) groups excluding carboxylic acids is 1. The van der Waals surface area contributed by atoms with Gasteiger partial charge in [-0.15, -0.1) is 0 Å². The van der Waals surface area contributed by atoms with Crippen molar-refractivity contribution in [2.45, 2.75) is 0 Å². The highest BCUT2D eigenvalue weighted by atomic mass is 35.5. The van der Waals surface area contributed by atoms with Crippen molar-refractivity contribution in [2.75, 3.05) is 5.32 Å². The van der Waals surface area contributed by atoms with Gasteiger partial charge in [-0.05, 0) is 54.6 Å². The Morgan fingerprint density at radius 3 is 2.52 bits per heavy atom. The third kappa shape index (κ3) is 4.88. The number of aromatic nitrogens is 2. The zero-order valence-electron chi connectivity index (χ0n) is 16.8. The molecule has 7 nitrogen and oxygen atoms in total. The van der Waals surface area contributed by atoms with Crippen LogP contribution in [-0.2, 0) is 4.79 Å². The van der Waals surface area contributed by atoms with E-state index >= 15 is 0 Å². The number of pyridine rings is 1. The normalized spacial score (nSPS) is 11.1. The SMILES string of the molecule is N#C/C(=C/c1c(Oc2ccccc2Cl)nc2ccccn2c1=O)C(=O)Nc1ccc(Cl)cc1. The quantitative estimate of drug-likeness (QED) is 0.309. The number of nitriles is 1. The third-order valence-corrected chi connectivity index (χ3v) is 5.10. The zero-order chi connectivity index (χ0) is 23.4. The van der Waals surface area contributed by atoms with Crippen LogP contribution in [0.25, 0.3) is 11.7 Å². The topological polar surface area (TPSA) is 96.5 Å². The predicted molar refractivity (Wildman–Crippen MR) is 127 cm³/mol. The smallest absolute Gasteiger partial charge is 0.269 e. The Kier molecular flexibility index (Phi) is 6.41. The van der Waals surface area contributed by atoms with E-state index in [1.165, 1.54) is 10.6 Å². The number of rotatable bonds is 5. The van der Waals surface area contributed by atoms with E-state index in [1.807, 2.05) is 6.07 Å². The second kappa shape index (κ2) is 9.57. The molecule has 1 N–H and O–H groups in total. The van der Waals surface area contributed by atoms with E-state index < -0.39 is 11.5 Å². The number of hydrogen-bond donors (Lipinski definition) is 1. The minimum Gasteiger partial charge on any atom is -0.437 e. The molecule has 0 aliphatic heterocycles. The summed E-state index contributed by atoms with van der Waals surface area (Å²) in [6.45, 7) is 0. The van der Waals surface area contributed by atoms with Gasteiger partial charge >= 0.3 is 0 Å². The van der Waals surface area contributed by atoms with Gasteiger partial charge in [-0.2, -0.15) is 10.2 Å². The number of hydrogen-bond acceptors (Lipinski definition) is 5. The Labute approximate surface area is 198 Å². The Morgan fingerprint density at radius 2 is 1.79 bits per heavy atom. The third-order valence-electron chi connectivity index (χ3n) is 4.53. The molecule has 1 amide bonds. The van der Waals surface area contributed by atoms with Gasteiger partial charge in [0, 0.05) is 16.9 Å². The van der Waals surface area contributed by atoms with Crippen molar-refractivity contribution in [1.82, 2.24) is 9.38 Å². The predicted octanol–water partition coefficient (Wildman–Crippen LogP) is 5.34. The number of carbonyl (C=O) groups is 1. The Balaban J connectivity index is 1.81. The first-order valence-electron chi connectivity index (χ1n) is 9.59. The number of ether oxygens (including phenoxy) is 1. The van der Waals surface area contributed by atoms with Crippen LogP contribution in [0.1, 0.15) is 5.56 Å². The molecule has 2 aromatic carbocycles. The zero-order valence-corrected chi connectivity index (χ0v) is 18.3. The van der Waals surface area contributed by atoms with Crippen LogP contribution in [0.4, 0.5) is 5.69 Å². The minimum atomic E-state index is -0.707. The van der Waals surface area contributed by atoms with E-state index in [0.717, 1.165) is 6.08 Å². The summed E-state index contributed by atoms with van der Waals surface area (Å²) in [5.74, 6) is -0.530. The molecule has 9 heteroatoms. The lowest BCUT2D eigenvalue weighted by molar-refractivity contribution is -0.112. The molecule has 0 spiro atoms. The number of anilines is 1. The van der Waals surface area contributed by atoms with Crippen molar-refractivity contribution in [2.24, 2.45) is 0 Å². The van der Waals surface area contributed by atoms with Gasteiger partial charge in [0.05, 0.1) is 5.02 Å². The van der Waals surface area contributed by atoms with Crippen molar-refractivity contribution < 1.29 is 9.53 Å². The van der Waals surface area contributed by atoms with Crippen LogP contribution in [0.3, 0.4) is 0 Å². The monoisotopic (exact) mass is 476 g/mol. The molecule has 0 saturated carbocycles. The molecule has 0 unspecified atom stereocenters. The molecule has 33 heavy (non-hydrogen) atoms. The van der Waals surface area contributed by atoms with Gasteiger partial charge in [0.1, 0.15) is 28.6 Å². The van der Waals surface area contributed by atoms with Gasteiger partial charge in [-0.25, -0.2) is 0 Å². The van der Waals surface area contributed by atoms with Crippen LogP contribution in [0.15, 0.2) is 83.3 Å². The van der Waals surface area contributed by atoms with Crippen LogP contribution in [0.5, 0.6) is 11.6 Å². The molecule has 2 heterocycles. The molecule has 162 valence electrons. The number of halogens is 2.